The van der Waals surface area contributed by atoms with E-state index in [1.54, 1.807) is 11.9 Å². The Labute approximate surface area is 201 Å². The first-order valence-electron chi connectivity index (χ1n) is 10.9. The van der Waals surface area contributed by atoms with Crippen molar-refractivity contribution in [2.24, 2.45) is 5.92 Å². The van der Waals surface area contributed by atoms with Crippen LogP contribution in [0.15, 0.2) is 24.3 Å². The highest BCUT2D eigenvalue weighted by Crippen LogP contribution is 2.34. The fraction of sp³-hybridized carbons (Fsp3) is 0.385. The molecule has 2 aliphatic carbocycles. The summed E-state index contributed by atoms with van der Waals surface area (Å²) in [6, 6.07) is 6.70. The number of benzene rings is 2. The predicted molar refractivity (Wildman–Crippen MR) is 130 cm³/mol. The van der Waals surface area contributed by atoms with Crippen LogP contribution in [0.2, 0.25) is 5.02 Å². The summed E-state index contributed by atoms with van der Waals surface area (Å²) in [7, 11) is 3.93. The molecule has 0 N–H and O–H groups in total. The van der Waals surface area contributed by atoms with Crippen LogP contribution >= 0.6 is 23.5 Å². The fourth-order valence-corrected chi connectivity index (χ4v) is 5.98. The zero-order valence-corrected chi connectivity index (χ0v) is 21.0. The van der Waals surface area contributed by atoms with Crippen molar-refractivity contribution in [1.29, 1.82) is 0 Å². The Morgan fingerprint density at radius 2 is 1.85 bits per heavy atom. The Morgan fingerprint density at radius 3 is 2.48 bits per heavy atom. The molecule has 1 unspecified atom stereocenters. The number of hydrogen-bond acceptors (Lipinski definition) is 5. The molecule has 0 radical (unpaired) electrons. The lowest BCUT2D eigenvalue weighted by atomic mass is 9.82. The first kappa shape index (κ1) is 24.0. The van der Waals surface area contributed by atoms with Crippen molar-refractivity contribution >= 4 is 46.3 Å². The first-order chi connectivity index (χ1) is 15.5. The molecule has 0 saturated carbocycles. The molecule has 0 spiro atoms. The topological polar surface area (TPSA) is 46.6 Å². The van der Waals surface area contributed by atoms with Crippen molar-refractivity contribution in [3.63, 3.8) is 0 Å². The number of nitrogens with zero attached hydrogens (tertiary/aromatic N) is 1. The zero-order chi connectivity index (χ0) is 24.1. The smallest absolute Gasteiger partial charge is 0.310 e. The third kappa shape index (κ3) is 4.75. The van der Waals surface area contributed by atoms with Crippen LogP contribution in [0.4, 0.5) is 4.39 Å². The van der Waals surface area contributed by atoms with Gasteiger partial charge in [0.2, 0.25) is 0 Å². The maximum atomic E-state index is 14.3. The number of halogens is 2. The van der Waals surface area contributed by atoms with E-state index in [0.29, 0.717) is 35.3 Å². The molecule has 0 fully saturated rings. The lowest BCUT2D eigenvalue weighted by Gasteiger charge is -2.29. The highest BCUT2D eigenvalue weighted by Gasteiger charge is 2.32. The summed E-state index contributed by atoms with van der Waals surface area (Å²) >= 11 is 7.93. The fourth-order valence-electron chi connectivity index (χ4n) is 4.64. The number of carbonyl (C=O) groups excluding carboxylic acids is 2. The third-order valence-electron chi connectivity index (χ3n) is 5.82. The monoisotopic (exact) mass is 487 g/mol. The number of esters is 1. The molecule has 174 valence electrons. The van der Waals surface area contributed by atoms with Crippen molar-refractivity contribution in [2.45, 2.75) is 45.6 Å². The molecule has 2 aliphatic rings. The largest absolute Gasteiger partial charge is 0.460 e. The number of fused-ring (bicyclic) bond motifs is 4. The van der Waals surface area contributed by atoms with Gasteiger partial charge >= 0.3 is 5.97 Å². The average molecular weight is 488 g/mol. The molecule has 33 heavy (non-hydrogen) atoms. The van der Waals surface area contributed by atoms with Gasteiger partial charge in [-0.25, -0.2) is 4.39 Å². The van der Waals surface area contributed by atoms with Crippen molar-refractivity contribution in [2.75, 3.05) is 14.1 Å². The molecular formula is C26H27ClFNO3S. The number of hydrogen-bond donors (Lipinski definition) is 0. The molecule has 4 nitrogen and oxygen atoms in total. The van der Waals surface area contributed by atoms with Gasteiger partial charge in [-0.2, -0.15) is 0 Å². The van der Waals surface area contributed by atoms with Crippen LogP contribution in [0.3, 0.4) is 0 Å². The van der Waals surface area contributed by atoms with Crippen LogP contribution in [-0.2, 0) is 27.2 Å². The summed E-state index contributed by atoms with van der Waals surface area (Å²) in [6.45, 7) is 5.59. The van der Waals surface area contributed by atoms with Crippen LogP contribution in [0, 0.1) is 22.2 Å². The second-order valence-corrected chi connectivity index (χ2v) is 11.5. The molecule has 1 atom stereocenters. The summed E-state index contributed by atoms with van der Waals surface area (Å²) in [5.41, 5.74) is 1.92. The Hall–Kier alpha value is -2.15. The van der Waals surface area contributed by atoms with E-state index in [-0.39, 0.29) is 16.9 Å². The van der Waals surface area contributed by atoms with Crippen molar-refractivity contribution < 1.29 is 18.7 Å². The van der Waals surface area contributed by atoms with Crippen LogP contribution in [0.1, 0.15) is 38.3 Å². The minimum atomic E-state index is -0.575. The van der Waals surface area contributed by atoms with E-state index in [1.807, 2.05) is 51.3 Å². The van der Waals surface area contributed by atoms with Crippen LogP contribution in [-0.4, -0.2) is 36.3 Å². The summed E-state index contributed by atoms with van der Waals surface area (Å²) in [6.07, 6.45) is 2.29. The van der Waals surface area contributed by atoms with E-state index < -0.39 is 11.4 Å². The number of aldehydes is 1. The van der Waals surface area contributed by atoms with E-state index in [2.05, 4.69) is 0 Å². The molecule has 0 bridgehead atoms. The highest BCUT2D eigenvalue weighted by molar-refractivity contribution is 8.05. The van der Waals surface area contributed by atoms with E-state index in [4.69, 9.17) is 16.3 Å². The molecule has 7 heteroatoms. The van der Waals surface area contributed by atoms with Crippen molar-refractivity contribution in [3.8, 4) is 0 Å². The van der Waals surface area contributed by atoms with Gasteiger partial charge in [0.15, 0.2) is 0 Å². The van der Waals surface area contributed by atoms with Gasteiger partial charge in [-0.15, -0.1) is 0 Å². The van der Waals surface area contributed by atoms with E-state index >= 15 is 0 Å². The molecule has 2 aromatic carbocycles. The van der Waals surface area contributed by atoms with Crippen LogP contribution < -0.4 is 10.4 Å². The zero-order valence-electron chi connectivity index (χ0n) is 19.4. The molecule has 2 aromatic rings. The quantitative estimate of drug-likeness (QED) is 0.372. The van der Waals surface area contributed by atoms with Gasteiger partial charge in [0.25, 0.3) is 0 Å². The van der Waals surface area contributed by atoms with Crippen LogP contribution in [0.5, 0.6) is 0 Å². The first-order valence-corrected chi connectivity index (χ1v) is 12.0. The Bertz CT molecular complexity index is 1380. The summed E-state index contributed by atoms with van der Waals surface area (Å²) < 4.78 is 22.0. The lowest BCUT2D eigenvalue weighted by molar-refractivity contribution is -0.159. The normalized spacial score (nSPS) is 17.4. The maximum Gasteiger partial charge on any atom is 0.310 e. The average Bonchev–Trinajstić information content (AvgIpc) is 2.70. The van der Waals surface area contributed by atoms with Crippen LogP contribution in [0.25, 0.3) is 10.5 Å². The standard InChI is InChI=1S/C26H27ClFNO3S/c1-26(2,3)32-25(31)14-8-20-18(23(10-14)33-29(4)5)7-6-17-19(20)9-15(13-30)24-21(17)11-16(28)12-22(24)27/h6-7,11-14H,8-10H2,1-5H3. The van der Waals surface area contributed by atoms with Gasteiger partial charge in [0.05, 0.1) is 10.9 Å². The summed E-state index contributed by atoms with van der Waals surface area (Å²) in [5.74, 6) is -1.01. The highest BCUT2D eigenvalue weighted by atomic mass is 35.5. The Morgan fingerprint density at radius 1 is 1.15 bits per heavy atom. The molecule has 0 heterocycles. The maximum absolute atomic E-state index is 14.3. The van der Waals surface area contributed by atoms with Gasteiger partial charge < -0.3 is 4.74 Å². The van der Waals surface area contributed by atoms with Gasteiger partial charge in [0.1, 0.15) is 17.7 Å². The van der Waals surface area contributed by atoms with Gasteiger partial charge in [-0.05, 0) is 98.6 Å². The lowest BCUT2D eigenvalue weighted by Crippen LogP contribution is -2.35. The van der Waals surface area contributed by atoms with Gasteiger partial charge in [0, 0.05) is 22.1 Å². The minimum absolute atomic E-state index is 0.229. The minimum Gasteiger partial charge on any atom is -0.460 e. The second kappa shape index (κ2) is 8.90. The molecule has 0 aromatic heterocycles. The van der Waals surface area contributed by atoms with Gasteiger partial charge in [-0.3, -0.25) is 13.9 Å². The molecular weight excluding hydrogens is 461 g/mol. The summed E-state index contributed by atoms with van der Waals surface area (Å²) in [5, 5.41) is 3.37. The summed E-state index contributed by atoms with van der Waals surface area (Å²) in [4.78, 5) is 26.1. The molecule has 0 aliphatic heterocycles. The Balaban J connectivity index is 2.01. The van der Waals surface area contributed by atoms with Crippen molar-refractivity contribution in [3.05, 3.63) is 67.1 Å². The number of ether oxygens (including phenoxy) is 1. The third-order valence-corrected chi connectivity index (χ3v) is 7.09. The predicted octanol–water partition coefficient (Wildman–Crippen LogP) is 3.89. The van der Waals surface area contributed by atoms with E-state index in [1.165, 1.54) is 12.1 Å². The molecule has 0 amide bonds. The number of rotatable bonds is 4. The SMILES string of the molecule is CN(C)SC1=c2ccc3c(c2CC(C(=O)OC(C)(C)C)C1)CC(C=O)=c1c(Cl)cc(F)cc1=3. The van der Waals surface area contributed by atoms with E-state index in [9.17, 15) is 14.0 Å². The second-order valence-electron chi connectivity index (χ2n) is 9.71. The molecule has 4 rings (SSSR count). The van der Waals surface area contributed by atoms with Gasteiger partial charge in [-0.1, -0.05) is 23.7 Å². The van der Waals surface area contributed by atoms with Crippen molar-refractivity contribution in [1.82, 2.24) is 4.31 Å². The molecule has 0 saturated heterocycles. The number of carbonyl (C=O) groups is 2. The van der Waals surface area contributed by atoms with E-state index in [0.717, 1.165) is 32.8 Å². The Kier molecular flexibility index (Phi) is 6.47.